The van der Waals surface area contributed by atoms with Crippen LogP contribution in [0.1, 0.15) is 35.7 Å². The van der Waals surface area contributed by atoms with Crippen LogP contribution in [-0.2, 0) is 10.5 Å². The van der Waals surface area contributed by atoms with E-state index < -0.39 is 11.8 Å². The first-order valence-corrected chi connectivity index (χ1v) is 5.66. The molecule has 2 atom stereocenters. The first-order chi connectivity index (χ1) is 8.08. The molecular weight excluding hydrogens is 218 g/mol. The summed E-state index contributed by atoms with van der Waals surface area (Å²) in [7, 11) is 1.46. The van der Waals surface area contributed by atoms with E-state index in [9.17, 15) is 9.90 Å². The molecule has 0 aliphatic rings. The summed E-state index contributed by atoms with van der Waals surface area (Å²) in [5.74, 6) is 0. The molecule has 0 aliphatic carbocycles. The number of rotatable bonds is 6. The largest absolute Gasteiger partial charge is 0.388 e. The molecule has 1 aromatic carbocycles. The van der Waals surface area contributed by atoms with Crippen LogP contribution in [0.3, 0.4) is 0 Å². The van der Waals surface area contributed by atoms with E-state index in [1.807, 2.05) is 6.92 Å². The maximum Gasteiger partial charge on any atom is 0.168 e. The van der Waals surface area contributed by atoms with Gasteiger partial charge in [-0.25, -0.2) is 0 Å². The lowest BCUT2D eigenvalue weighted by molar-refractivity contribution is -0.108. The SMILES string of the molecule is CCC[C@H](O)[C@@](N)(OC)c1ccc(C=O)cc1. The van der Waals surface area contributed by atoms with E-state index in [4.69, 9.17) is 10.5 Å². The Balaban J connectivity index is 3.02. The van der Waals surface area contributed by atoms with E-state index >= 15 is 0 Å². The average Bonchev–Trinajstić information content (AvgIpc) is 2.38. The lowest BCUT2D eigenvalue weighted by Crippen LogP contribution is -2.49. The van der Waals surface area contributed by atoms with E-state index in [1.54, 1.807) is 24.3 Å². The van der Waals surface area contributed by atoms with E-state index in [2.05, 4.69) is 0 Å². The Hall–Kier alpha value is -1.23. The Kier molecular flexibility index (Phi) is 4.81. The molecule has 4 heteroatoms. The number of hydrogen-bond acceptors (Lipinski definition) is 4. The summed E-state index contributed by atoms with van der Waals surface area (Å²) < 4.78 is 5.25. The highest BCUT2D eigenvalue weighted by Crippen LogP contribution is 2.26. The van der Waals surface area contributed by atoms with Crippen LogP contribution in [0.15, 0.2) is 24.3 Å². The molecule has 1 rings (SSSR count). The van der Waals surface area contributed by atoms with E-state index in [0.717, 1.165) is 12.7 Å². The first kappa shape index (κ1) is 13.8. The molecule has 0 saturated carbocycles. The molecule has 0 bridgehead atoms. The van der Waals surface area contributed by atoms with E-state index in [-0.39, 0.29) is 0 Å². The maximum atomic E-state index is 10.6. The summed E-state index contributed by atoms with van der Waals surface area (Å²) in [4.78, 5) is 10.6. The molecule has 0 heterocycles. The van der Waals surface area contributed by atoms with Crippen LogP contribution in [0.4, 0.5) is 0 Å². The molecule has 0 amide bonds. The summed E-state index contributed by atoms with van der Waals surface area (Å²) >= 11 is 0. The molecule has 0 aliphatic heterocycles. The Labute approximate surface area is 101 Å². The van der Waals surface area contributed by atoms with Gasteiger partial charge in [0.15, 0.2) is 5.72 Å². The zero-order chi connectivity index (χ0) is 12.9. The van der Waals surface area contributed by atoms with Crippen LogP contribution < -0.4 is 5.73 Å². The van der Waals surface area contributed by atoms with Gasteiger partial charge in [-0.1, -0.05) is 37.6 Å². The van der Waals surface area contributed by atoms with Gasteiger partial charge in [-0.3, -0.25) is 10.5 Å². The molecule has 0 spiro atoms. The van der Waals surface area contributed by atoms with Crippen molar-refractivity contribution >= 4 is 6.29 Å². The Bertz CT molecular complexity index is 363. The van der Waals surface area contributed by atoms with Crippen LogP contribution in [0.5, 0.6) is 0 Å². The van der Waals surface area contributed by atoms with Crippen molar-refractivity contribution in [2.75, 3.05) is 7.11 Å². The number of carbonyl (C=O) groups is 1. The van der Waals surface area contributed by atoms with Gasteiger partial charge in [-0.05, 0) is 6.42 Å². The number of carbonyl (C=O) groups excluding carboxylic acids is 1. The zero-order valence-corrected chi connectivity index (χ0v) is 10.2. The van der Waals surface area contributed by atoms with Crippen molar-refractivity contribution in [2.45, 2.75) is 31.6 Å². The normalized spacial score (nSPS) is 16.2. The van der Waals surface area contributed by atoms with Crippen LogP contribution >= 0.6 is 0 Å². The third-order valence-corrected chi connectivity index (χ3v) is 2.89. The highest BCUT2D eigenvalue weighted by molar-refractivity contribution is 5.74. The van der Waals surface area contributed by atoms with Crippen LogP contribution in [-0.4, -0.2) is 24.6 Å². The lowest BCUT2D eigenvalue weighted by atomic mass is 9.94. The summed E-state index contributed by atoms with van der Waals surface area (Å²) in [6, 6.07) is 6.71. The molecule has 17 heavy (non-hydrogen) atoms. The number of ether oxygens (including phenoxy) is 1. The molecule has 3 N–H and O–H groups in total. The molecular formula is C13H19NO3. The van der Waals surface area contributed by atoms with Gasteiger partial charge < -0.3 is 9.84 Å². The molecule has 4 nitrogen and oxygen atoms in total. The number of nitrogens with two attached hydrogens (primary N) is 1. The number of aliphatic hydroxyl groups is 1. The quantitative estimate of drug-likeness (QED) is 0.579. The van der Waals surface area contributed by atoms with Gasteiger partial charge >= 0.3 is 0 Å². The fourth-order valence-corrected chi connectivity index (χ4v) is 1.76. The van der Waals surface area contributed by atoms with Crippen LogP contribution in [0.25, 0.3) is 0 Å². The van der Waals surface area contributed by atoms with Crippen LogP contribution in [0, 0.1) is 0 Å². The fraction of sp³-hybridized carbons (Fsp3) is 0.462. The lowest BCUT2D eigenvalue weighted by Gasteiger charge is -2.33. The third-order valence-electron chi connectivity index (χ3n) is 2.89. The molecule has 0 aromatic heterocycles. The molecule has 1 aromatic rings. The van der Waals surface area contributed by atoms with Crippen molar-refractivity contribution in [2.24, 2.45) is 5.73 Å². The van der Waals surface area contributed by atoms with Crippen LogP contribution in [0.2, 0.25) is 0 Å². The summed E-state index contributed by atoms with van der Waals surface area (Å²) in [5, 5.41) is 10.0. The van der Waals surface area contributed by atoms with Gasteiger partial charge in [0.1, 0.15) is 12.4 Å². The van der Waals surface area contributed by atoms with Gasteiger partial charge in [0, 0.05) is 18.2 Å². The van der Waals surface area contributed by atoms with Crippen molar-refractivity contribution < 1.29 is 14.6 Å². The van der Waals surface area contributed by atoms with E-state index in [1.165, 1.54) is 7.11 Å². The zero-order valence-electron chi connectivity index (χ0n) is 10.2. The van der Waals surface area contributed by atoms with Gasteiger partial charge in [0.05, 0.1) is 0 Å². The Morgan fingerprint density at radius 3 is 2.47 bits per heavy atom. The van der Waals surface area contributed by atoms with Crippen molar-refractivity contribution in [1.82, 2.24) is 0 Å². The second-order valence-corrected chi connectivity index (χ2v) is 4.04. The minimum Gasteiger partial charge on any atom is -0.388 e. The number of aliphatic hydroxyl groups excluding tert-OH is 1. The second kappa shape index (κ2) is 5.91. The van der Waals surface area contributed by atoms with Crippen molar-refractivity contribution in [3.05, 3.63) is 35.4 Å². The predicted octanol–water partition coefficient (Wildman–Crippen LogP) is 1.42. The Morgan fingerprint density at radius 1 is 1.47 bits per heavy atom. The average molecular weight is 237 g/mol. The second-order valence-electron chi connectivity index (χ2n) is 4.04. The summed E-state index contributed by atoms with van der Waals surface area (Å²) in [6.45, 7) is 1.97. The molecule has 0 fully saturated rings. The first-order valence-electron chi connectivity index (χ1n) is 5.66. The number of hydrogen-bond donors (Lipinski definition) is 2. The topological polar surface area (TPSA) is 72.6 Å². The van der Waals surface area contributed by atoms with Gasteiger partial charge in [0.25, 0.3) is 0 Å². The smallest absolute Gasteiger partial charge is 0.168 e. The standard InChI is InChI=1S/C13H19NO3/c1-3-4-12(16)13(14,17-2)11-7-5-10(9-15)6-8-11/h5-9,12,16H,3-4,14H2,1-2H3/t12-,13-/m0/s1. The van der Waals surface area contributed by atoms with Gasteiger partial charge in [0.2, 0.25) is 0 Å². The molecule has 94 valence electrons. The van der Waals surface area contributed by atoms with Crippen molar-refractivity contribution in [1.29, 1.82) is 0 Å². The minimum atomic E-state index is -1.22. The molecule has 0 saturated heterocycles. The number of aldehydes is 1. The highest BCUT2D eigenvalue weighted by Gasteiger charge is 2.35. The number of benzene rings is 1. The minimum absolute atomic E-state index is 0.555. The Morgan fingerprint density at radius 2 is 2.06 bits per heavy atom. The van der Waals surface area contributed by atoms with Crippen molar-refractivity contribution in [3.63, 3.8) is 0 Å². The van der Waals surface area contributed by atoms with Gasteiger partial charge in [-0.2, -0.15) is 0 Å². The number of methoxy groups -OCH3 is 1. The predicted molar refractivity (Wildman–Crippen MR) is 65.6 cm³/mol. The molecule has 0 unspecified atom stereocenters. The maximum absolute atomic E-state index is 10.6. The monoisotopic (exact) mass is 237 g/mol. The summed E-state index contributed by atoms with van der Waals surface area (Å²) in [6.07, 6.45) is 1.35. The van der Waals surface area contributed by atoms with Crippen molar-refractivity contribution in [3.8, 4) is 0 Å². The van der Waals surface area contributed by atoms with E-state index in [0.29, 0.717) is 17.5 Å². The fourth-order valence-electron chi connectivity index (χ4n) is 1.76. The third kappa shape index (κ3) is 2.91. The summed E-state index contributed by atoms with van der Waals surface area (Å²) in [5.41, 5.74) is 6.08. The molecule has 0 radical (unpaired) electrons. The highest BCUT2D eigenvalue weighted by atomic mass is 16.5. The van der Waals surface area contributed by atoms with Gasteiger partial charge in [-0.15, -0.1) is 0 Å².